The normalized spacial score (nSPS) is 20.5. The third-order valence-corrected chi connectivity index (χ3v) is 4.58. The minimum absolute atomic E-state index is 0.401. The summed E-state index contributed by atoms with van der Waals surface area (Å²) in [6, 6.07) is 9.08. The molecule has 1 nitrogen and oxygen atoms in total. The van der Waals surface area contributed by atoms with Crippen molar-refractivity contribution in [2.24, 2.45) is 0 Å². The molecule has 1 saturated carbocycles. The zero-order valence-corrected chi connectivity index (χ0v) is 11.6. The summed E-state index contributed by atoms with van der Waals surface area (Å²) in [4.78, 5) is 2.28. The lowest BCUT2D eigenvalue weighted by molar-refractivity contribution is 0.419. The molecule has 0 bridgehead atoms. The van der Waals surface area contributed by atoms with E-state index in [1.807, 2.05) is 0 Å². The van der Waals surface area contributed by atoms with Crippen LogP contribution in [-0.2, 0) is 5.41 Å². The van der Waals surface area contributed by atoms with E-state index in [4.69, 9.17) is 0 Å². The summed E-state index contributed by atoms with van der Waals surface area (Å²) >= 11 is 0. The first-order valence-electron chi connectivity index (χ1n) is 7.18. The molecule has 2 aliphatic carbocycles. The van der Waals surface area contributed by atoms with Gasteiger partial charge in [-0.2, -0.15) is 0 Å². The van der Waals surface area contributed by atoms with Crippen LogP contribution in [0.2, 0.25) is 0 Å². The molecule has 1 heteroatoms. The Morgan fingerprint density at radius 1 is 1.11 bits per heavy atom. The molecule has 0 N–H and O–H groups in total. The Kier molecular flexibility index (Phi) is 3.03. The summed E-state index contributed by atoms with van der Waals surface area (Å²) in [7, 11) is 4.32. The Balaban J connectivity index is 1.94. The van der Waals surface area contributed by atoms with E-state index in [0.717, 1.165) is 6.54 Å². The second-order valence-electron chi connectivity index (χ2n) is 6.13. The van der Waals surface area contributed by atoms with E-state index >= 15 is 0 Å². The highest BCUT2D eigenvalue weighted by Gasteiger charge is 2.39. The van der Waals surface area contributed by atoms with Crippen LogP contribution in [0.25, 0.3) is 5.57 Å². The molecule has 96 valence electrons. The van der Waals surface area contributed by atoms with E-state index < -0.39 is 0 Å². The lowest BCUT2D eigenvalue weighted by Gasteiger charge is -2.22. The van der Waals surface area contributed by atoms with Gasteiger partial charge in [0.05, 0.1) is 0 Å². The van der Waals surface area contributed by atoms with Crippen molar-refractivity contribution >= 4 is 5.57 Å². The predicted octanol–water partition coefficient (Wildman–Crippen LogP) is 3.85. The van der Waals surface area contributed by atoms with Gasteiger partial charge in [-0.05, 0) is 50.1 Å². The van der Waals surface area contributed by atoms with Crippen molar-refractivity contribution in [3.63, 3.8) is 0 Å². The lowest BCUT2D eigenvalue weighted by atomic mass is 9.81. The minimum Gasteiger partial charge on any atom is -0.309 e. The van der Waals surface area contributed by atoms with Crippen LogP contribution in [0.4, 0.5) is 0 Å². The van der Waals surface area contributed by atoms with Gasteiger partial charge in [-0.25, -0.2) is 0 Å². The first kappa shape index (κ1) is 12.0. The maximum absolute atomic E-state index is 2.61. The Bertz CT molecular complexity index is 464. The number of fused-ring (bicyclic) bond motifs is 2. The zero-order valence-electron chi connectivity index (χ0n) is 11.6. The second-order valence-corrected chi connectivity index (χ2v) is 6.13. The van der Waals surface area contributed by atoms with Crippen molar-refractivity contribution in [3.8, 4) is 0 Å². The Morgan fingerprint density at radius 3 is 2.56 bits per heavy atom. The lowest BCUT2D eigenvalue weighted by Crippen LogP contribution is -2.16. The number of allylic oxidation sites excluding steroid dienone is 1. The van der Waals surface area contributed by atoms with Gasteiger partial charge in [-0.3, -0.25) is 0 Å². The van der Waals surface area contributed by atoms with Gasteiger partial charge in [0, 0.05) is 12.0 Å². The van der Waals surface area contributed by atoms with Gasteiger partial charge >= 0.3 is 0 Å². The fourth-order valence-corrected chi connectivity index (χ4v) is 3.66. The molecule has 0 heterocycles. The van der Waals surface area contributed by atoms with Crippen LogP contribution in [0.15, 0.2) is 30.3 Å². The van der Waals surface area contributed by atoms with Crippen LogP contribution in [0.1, 0.15) is 43.2 Å². The summed E-state index contributed by atoms with van der Waals surface area (Å²) in [6.07, 6.45) is 9.29. The average molecular weight is 241 g/mol. The molecule has 0 amide bonds. The highest BCUT2D eigenvalue weighted by molar-refractivity contribution is 5.77. The van der Waals surface area contributed by atoms with Gasteiger partial charge in [-0.1, -0.05) is 43.2 Å². The summed E-state index contributed by atoms with van der Waals surface area (Å²) in [5.74, 6) is 0. The van der Waals surface area contributed by atoms with Gasteiger partial charge < -0.3 is 4.90 Å². The molecule has 1 spiro atoms. The standard InChI is InChI=1S/C17H23N/c1-18(2)12-9-14-13-17(10-5-6-11-17)16-8-4-3-7-15(14)16/h3-4,7-8,13H,5-6,9-12H2,1-2H3. The molecule has 3 rings (SSSR count). The van der Waals surface area contributed by atoms with E-state index in [2.05, 4.69) is 49.3 Å². The van der Waals surface area contributed by atoms with Gasteiger partial charge in [0.1, 0.15) is 0 Å². The van der Waals surface area contributed by atoms with Crippen molar-refractivity contribution < 1.29 is 0 Å². The maximum Gasteiger partial charge on any atom is 0.0144 e. The Morgan fingerprint density at radius 2 is 1.83 bits per heavy atom. The first-order chi connectivity index (χ1) is 8.71. The molecule has 0 radical (unpaired) electrons. The maximum atomic E-state index is 2.61. The highest BCUT2D eigenvalue weighted by atomic mass is 15.0. The van der Waals surface area contributed by atoms with E-state index in [1.54, 1.807) is 11.1 Å². The Hall–Kier alpha value is -1.08. The number of rotatable bonds is 3. The molecule has 0 unspecified atom stereocenters. The zero-order chi connectivity index (χ0) is 12.6. The molecule has 0 aliphatic heterocycles. The molecule has 1 aromatic carbocycles. The largest absolute Gasteiger partial charge is 0.309 e. The smallest absolute Gasteiger partial charge is 0.0144 e. The van der Waals surface area contributed by atoms with Gasteiger partial charge in [0.25, 0.3) is 0 Å². The quantitative estimate of drug-likeness (QED) is 0.777. The summed E-state index contributed by atoms with van der Waals surface area (Å²) < 4.78 is 0. The topological polar surface area (TPSA) is 3.24 Å². The van der Waals surface area contributed by atoms with Crippen LogP contribution in [0, 0.1) is 0 Å². The SMILES string of the molecule is CN(C)CCC1=CC2(CCCC2)c2ccccc21. The van der Waals surface area contributed by atoms with E-state index in [9.17, 15) is 0 Å². The second kappa shape index (κ2) is 4.55. The summed E-state index contributed by atoms with van der Waals surface area (Å²) in [5.41, 5.74) is 5.12. The molecule has 0 saturated heterocycles. The highest BCUT2D eigenvalue weighted by Crippen LogP contribution is 2.51. The van der Waals surface area contributed by atoms with Crippen molar-refractivity contribution in [2.45, 2.75) is 37.5 Å². The Labute approximate surface area is 111 Å². The monoisotopic (exact) mass is 241 g/mol. The van der Waals surface area contributed by atoms with E-state index in [0.29, 0.717) is 5.41 Å². The fraction of sp³-hybridized carbons (Fsp3) is 0.529. The predicted molar refractivity (Wildman–Crippen MR) is 77.7 cm³/mol. The van der Waals surface area contributed by atoms with Crippen LogP contribution in [0.3, 0.4) is 0 Å². The molecule has 2 aliphatic rings. The summed E-state index contributed by atoms with van der Waals surface area (Å²) in [5, 5.41) is 0. The fourth-order valence-electron chi connectivity index (χ4n) is 3.66. The molecular weight excluding hydrogens is 218 g/mol. The van der Waals surface area contributed by atoms with Crippen molar-refractivity contribution in [1.29, 1.82) is 0 Å². The third kappa shape index (κ3) is 1.91. The average Bonchev–Trinajstić information content (AvgIpc) is 2.95. The molecule has 0 aromatic heterocycles. The summed E-state index contributed by atoms with van der Waals surface area (Å²) in [6.45, 7) is 1.15. The van der Waals surface area contributed by atoms with Crippen LogP contribution < -0.4 is 0 Å². The minimum atomic E-state index is 0.401. The number of hydrogen-bond donors (Lipinski definition) is 0. The number of benzene rings is 1. The van der Waals surface area contributed by atoms with E-state index in [1.165, 1.54) is 37.7 Å². The molecular formula is C17H23N. The van der Waals surface area contributed by atoms with Crippen molar-refractivity contribution in [2.75, 3.05) is 20.6 Å². The van der Waals surface area contributed by atoms with Crippen LogP contribution in [-0.4, -0.2) is 25.5 Å². The molecule has 1 aromatic rings. The number of hydrogen-bond acceptors (Lipinski definition) is 1. The first-order valence-corrected chi connectivity index (χ1v) is 7.18. The molecule has 1 fully saturated rings. The van der Waals surface area contributed by atoms with Gasteiger partial charge in [0.15, 0.2) is 0 Å². The van der Waals surface area contributed by atoms with Crippen molar-refractivity contribution in [1.82, 2.24) is 4.90 Å². The van der Waals surface area contributed by atoms with Crippen molar-refractivity contribution in [3.05, 3.63) is 41.5 Å². The van der Waals surface area contributed by atoms with Crippen LogP contribution >= 0.6 is 0 Å². The van der Waals surface area contributed by atoms with E-state index in [-0.39, 0.29) is 0 Å². The molecule has 18 heavy (non-hydrogen) atoms. The number of nitrogens with zero attached hydrogens (tertiary/aromatic N) is 1. The van der Waals surface area contributed by atoms with Crippen LogP contribution in [0.5, 0.6) is 0 Å². The third-order valence-electron chi connectivity index (χ3n) is 4.58. The van der Waals surface area contributed by atoms with Gasteiger partial charge in [0.2, 0.25) is 0 Å². The van der Waals surface area contributed by atoms with Gasteiger partial charge in [-0.15, -0.1) is 0 Å². The molecule has 0 atom stereocenters.